The molecule has 0 saturated heterocycles. The number of carbonyl (C=O) groups is 1. The summed E-state index contributed by atoms with van der Waals surface area (Å²) in [5, 5.41) is 18.4. The smallest absolute Gasteiger partial charge is 0.303 e. The molecule has 0 aliphatic rings. The summed E-state index contributed by atoms with van der Waals surface area (Å²) in [4.78, 5) is 12.5. The Balaban J connectivity index is 2.38. The van der Waals surface area contributed by atoms with Crippen LogP contribution in [0.3, 0.4) is 0 Å². The van der Waals surface area contributed by atoms with Crippen molar-refractivity contribution in [3.05, 3.63) is 21.4 Å². The highest BCUT2D eigenvalue weighted by molar-refractivity contribution is 7.12. The number of aliphatic hydroxyl groups excluding tert-OH is 1. The van der Waals surface area contributed by atoms with Gasteiger partial charge in [0.25, 0.3) is 0 Å². The Bertz CT molecular complexity index is 357. The van der Waals surface area contributed by atoms with E-state index in [9.17, 15) is 9.90 Å². The predicted octanol–water partition coefficient (Wildman–Crippen LogP) is 3.04. The molecule has 0 aliphatic carbocycles. The summed E-state index contributed by atoms with van der Waals surface area (Å²) in [5.41, 5.74) is 1.13. The molecule has 0 spiro atoms. The van der Waals surface area contributed by atoms with Gasteiger partial charge in [-0.25, -0.2) is 0 Å². The molecule has 1 aromatic rings. The molecule has 0 radical (unpaired) electrons. The zero-order valence-corrected chi connectivity index (χ0v) is 10.5. The first-order chi connectivity index (χ1) is 7.50. The van der Waals surface area contributed by atoms with E-state index in [0.29, 0.717) is 12.8 Å². The van der Waals surface area contributed by atoms with Crippen LogP contribution in [0.5, 0.6) is 0 Å². The Kier molecular flexibility index (Phi) is 4.96. The van der Waals surface area contributed by atoms with Gasteiger partial charge >= 0.3 is 5.97 Å². The Labute approximate surface area is 99.7 Å². The van der Waals surface area contributed by atoms with Gasteiger partial charge in [-0.1, -0.05) is 0 Å². The second kappa shape index (κ2) is 6.01. The Morgan fingerprint density at radius 2 is 2.12 bits per heavy atom. The van der Waals surface area contributed by atoms with Crippen LogP contribution < -0.4 is 0 Å². The first-order valence-electron chi connectivity index (χ1n) is 5.47. The third kappa shape index (κ3) is 3.94. The van der Waals surface area contributed by atoms with Crippen LogP contribution in [0.25, 0.3) is 0 Å². The molecule has 1 rings (SSSR count). The fourth-order valence-electron chi connectivity index (χ4n) is 1.74. The van der Waals surface area contributed by atoms with E-state index < -0.39 is 12.1 Å². The van der Waals surface area contributed by atoms with E-state index in [1.165, 1.54) is 4.88 Å². The molecule has 0 aliphatic heterocycles. The van der Waals surface area contributed by atoms with Crippen molar-refractivity contribution in [2.45, 2.75) is 45.6 Å². The van der Waals surface area contributed by atoms with Crippen LogP contribution in [0.4, 0.5) is 0 Å². The molecule has 0 fully saturated rings. The molecule has 16 heavy (non-hydrogen) atoms. The fourth-order valence-corrected chi connectivity index (χ4v) is 2.79. The molecule has 0 bridgehead atoms. The average Bonchev–Trinajstić information content (AvgIpc) is 2.52. The molecule has 1 unspecified atom stereocenters. The zero-order valence-electron chi connectivity index (χ0n) is 9.69. The fraction of sp³-hybridized carbons (Fsp3) is 0.583. The average molecular weight is 242 g/mol. The van der Waals surface area contributed by atoms with Crippen LogP contribution in [0.2, 0.25) is 0 Å². The number of aliphatic carboxylic acids is 1. The Hall–Kier alpha value is -0.870. The topological polar surface area (TPSA) is 57.5 Å². The first kappa shape index (κ1) is 13.2. The molecular weight excluding hydrogens is 224 g/mol. The van der Waals surface area contributed by atoms with Crippen molar-refractivity contribution in [2.24, 2.45) is 0 Å². The summed E-state index contributed by atoms with van der Waals surface area (Å²) in [6.45, 7) is 4.03. The van der Waals surface area contributed by atoms with Gasteiger partial charge in [0.2, 0.25) is 0 Å². The minimum absolute atomic E-state index is 0.190. The second-order valence-corrected chi connectivity index (χ2v) is 5.35. The SMILES string of the molecule is Cc1cc(C)c(C(O)CCCCC(=O)O)s1. The number of aliphatic hydroxyl groups is 1. The predicted molar refractivity (Wildman–Crippen MR) is 64.9 cm³/mol. The Morgan fingerprint density at radius 3 is 2.62 bits per heavy atom. The van der Waals surface area contributed by atoms with Gasteiger partial charge in [0.05, 0.1) is 6.10 Å². The summed E-state index contributed by atoms with van der Waals surface area (Å²) >= 11 is 1.62. The molecule has 4 heteroatoms. The number of hydrogen-bond donors (Lipinski definition) is 2. The number of hydrogen-bond acceptors (Lipinski definition) is 3. The van der Waals surface area contributed by atoms with Crippen LogP contribution in [0.1, 0.15) is 47.1 Å². The lowest BCUT2D eigenvalue weighted by atomic mass is 10.1. The molecule has 1 aromatic heterocycles. The minimum Gasteiger partial charge on any atom is -0.481 e. The van der Waals surface area contributed by atoms with E-state index in [1.54, 1.807) is 11.3 Å². The highest BCUT2D eigenvalue weighted by atomic mass is 32.1. The van der Waals surface area contributed by atoms with Gasteiger partial charge in [0.1, 0.15) is 0 Å². The molecule has 1 atom stereocenters. The number of rotatable bonds is 6. The van der Waals surface area contributed by atoms with Crippen molar-refractivity contribution in [3.63, 3.8) is 0 Å². The number of thiophene rings is 1. The van der Waals surface area contributed by atoms with Crippen molar-refractivity contribution in [1.29, 1.82) is 0 Å². The second-order valence-electron chi connectivity index (χ2n) is 4.06. The molecular formula is C12H18O3S. The van der Waals surface area contributed by atoms with Crippen molar-refractivity contribution in [2.75, 3.05) is 0 Å². The van der Waals surface area contributed by atoms with Crippen LogP contribution in [0, 0.1) is 13.8 Å². The van der Waals surface area contributed by atoms with Crippen molar-refractivity contribution in [1.82, 2.24) is 0 Å². The number of aryl methyl sites for hydroxylation is 2. The normalized spacial score (nSPS) is 12.7. The van der Waals surface area contributed by atoms with E-state index in [2.05, 4.69) is 6.07 Å². The maximum atomic E-state index is 10.3. The van der Waals surface area contributed by atoms with Crippen molar-refractivity contribution >= 4 is 17.3 Å². The number of carboxylic acids is 1. The maximum absolute atomic E-state index is 10.3. The molecule has 1 heterocycles. The van der Waals surface area contributed by atoms with Crippen LogP contribution in [0.15, 0.2) is 6.07 Å². The van der Waals surface area contributed by atoms with Gasteiger partial charge in [-0.2, -0.15) is 0 Å². The zero-order chi connectivity index (χ0) is 12.1. The maximum Gasteiger partial charge on any atom is 0.303 e. The van der Waals surface area contributed by atoms with Gasteiger partial charge in [-0.15, -0.1) is 11.3 Å². The molecule has 0 amide bonds. The number of unbranched alkanes of at least 4 members (excludes halogenated alkanes) is 1. The van der Waals surface area contributed by atoms with Gasteiger partial charge in [0, 0.05) is 16.2 Å². The van der Waals surface area contributed by atoms with Crippen LogP contribution in [-0.4, -0.2) is 16.2 Å². The van der Waals surface area contributed by atoms with E-state index in [4.69, 9.17) is 5.11 Å². The Morgan fingerprint density at radius 1 is 1.44 bits per heavy atom. The lowest BCUT2D eigenvalue weighted by Crippen LogP contribution is -1.98. The van der Waals surface area contributed by atoms with Gasteiger partial charge in [-0.3, -0.25) is 4.79 Å². The largest absolute Gasteiger partial charge is 0.481 e. The third-order valence-electron chi connectivity index (χ3n) is 2.50. The lowest BCUT2D eigenvalue weighted by molar-refractivity contribution is -0.137. The molecule has 2 N–H and O–H groups in total. The third-order valence-corrected chi connectivity index (χ3v) is 3.75. The highest BCUT2D eigenvalue weighted by Crippen LogP contribution is 2.30. The molecule has 0 aromatic carbocycles. The summed E-state index contributed by atoms with van der Waals surface area (Å²) in [5.74, 6) is -0.766. The van der Waals surface area contributed by atoms with Gasteiger partial charge in [0.15, 0.2) is 0 Å². The molecule has 90 valence electrons. The van der Waals surface area contributed by atoms with Crippen molar-refractivity contribution in [3.8, 4) is 0 Å². The van der Waals surface area contributed by atoms with E-state index in [-0.39, 0.29) is 6.42 Å². The summed E-state index contributed by atoms with van der Waals surface area (Å²) in [7, 11) is 0. The lowest BCUT2D eigenvalue weighted by Gasteiger charge is -2.09. The van der Waals surface area contributed by atoms with Crippen LogP contribution in [-0.2, 0) is 4.79 Å². The number of carboxylic acid groups (broad SMARTS) is 1. The molecule has 0 saturated carbocycles. The van der Waals surface area contributed by atoms with E-state index in [1.807, 2.05) is 13.8 Å². The first-order valence-corrected chi connectivity index (χ1v) is 6.29. The quantitative estimate of drug-likeness (QED) is 0.754. The van der Waals surface area contributed by atoms with Gasteiger partial charge in [-0.05, 0) is 44.7 Å². The van der Waals surface area contributed by atoms with Gasteiger partial charge < -0.3 is 10.2 Å². The summed E-state index contributed by atoms with van der Waals surface area (Å²) < 4.78 is 0. The molecule has 3 nitrogen and oxygen atoms in total. The van der Waals surface area contributed by atoms with E-state index in [0.717, 1.165) is 16.9 Å². The van der Waals surface area contributed by atoms with Crippen LogP contribution >= 0.6 is 11.3 Å². The summed E-state index contributed by atoms with van der Waals surface area (Å²) in [6, 6.07) is 2.07. The summed E-state index contributed by atoms with van der Waals surface area (Å²) in [6.07, 6.45) is 1.79. The minimum atomic E-state index is -0.766. The van der Waals surface area contributed by atoms with E-state index >= 15 is 0 Å². The monoisotopic (exact) mass is 242 g/mol. The standard InChI is InChI=1S/C12H18O3S/c1-8-7-9(2)16-12(8)10(13)5-3-4-6-11(14)15/h7,10,13H,3-6H2,1-2H3,(H,14,15). The van der Waals surface area contributed by atoms with Crippen molar-refractivity contribution < 1.29 is 15.0 Å². The highest BCUT2D eigenvalue weighted by Gasteiger charge is 2.13.